The number of carbonyl (C=O) groups excluding carboxylic acids is 1. The lowest BCUT2D eigenvalue weighted by Gasteiger charge is -2.21. The zero-order valence-electron chi connectivity index (χ0n) is 18.6. The lowest BCUT2D eigenvalue weighted by molar-refractivity contribution is 0.102. The van der Waals surface area contributed by atoms with Gasteiger partial charge in [-0.3, -0.25) is 14.5 Å². The minimum absolute atomic E-state index is 0.0974. The van der Waals surface area contributed by atoms with Gasteiger partial charge >= 0.3 is 0 Å². The molecular formula is C25H21Cl2N5O2S. The van der Waals surface area contributed by atoms with Gasteiger partial charge in [-0.25, -0.2) is 0 Å². The molecule has 2 atom stereocenters. The number of phenolic OH excluding ortho intramolecular Hbond substituents is 1. The third kappa shape index (κ3) is 4.77. The summed E-state index contributed by atoms with van der Waals surface area (Å²) in [7, 11) is 2.00. The predicted molar refractivity (Wildman–Crippen MR) is 141 cm³/mol. The van der Waals surface area contributed by atoms with Gasteiger partial charge in [0.2, 0.25) is 0 Å². The molecule has 0 radical (unpaired) electrons. The first-order valence-corrected chi connectivity index (χ1v) is 12.0. The van der Waals surface area contributed by atoms with Crippen LogP contribution in [0.4, 0.5) is 11.4 Å². The Morgan fingerprint density at radius 1 is 1.17 bits per heavy atom. The Morgan fingerprint density at radius 3 is 2.63 bits per heavy atom. The molecule has 3 N–H and O–H groups in total. The molecule has 1 amide bonds. The van der Waals surface area contributed by atoms with Crippen molar-refractivity contribution >= 4 is 52.7 Å². The van der Waals surface area contributed by atoms with Gasteiger partial charge in [0.15, 0.2) is 10.5 Å². The van der Waals surface area contributed by atoms with Crippen molar-refractivity contribution in [3.05, 3.63) is 92.9 Å². The third-order valence-electron chi connectivity index (χ3n) is 6.17. The van der Waals surface area contributed by atoms with Crippen LogP contribution in [0.3, 0.4) is 0 Å². The Kier molecular flexibility index (Phi) is 6.27. The van der Waals surface area contributed by atoms with Crippen molar-refractivity contribution in [2.24, 2.45) is 0 Å². The van der Waals surface area contributed by atoms with E-state index in [-0.39, 0.29) is 33.7 Å². The van der Waals surface area contributed by atoms with Crippen molar-refractivity contribution in [1.29, 1.82) is 0 Å². The van der Waals surface area contributed by atoms with Crippen molar-refractivity contribution in [2.45, 2.75) is 18.4 Å². The highest BCUT2D eigenvalue weighted by Gasteiger charge is 2.42. The number of aromatic amines is 1. The van der Waals surface area contributed by atoms with Gasteiger partial charge in [0.05, 0.1) is 15.7 Å². The zero-order valence-corrected chi connectivity index (χ0v) is 20.9. The summed E-state index contributed by atoms with van der Waals surface area (Å²) in [6.07, 6.45) is 2.52. The number of nitrogens with zero attached hydrogens (tertiary/aromatic N) is 3. The molecule has 0 bridgehead atoms. The lowest BCUT2D eigenvalue weighted by atomic mass is 10.1. The van der Waals surface area contributed by atoms with Crippen LogP contribution in [-0.2, 0) is 0 Å². The van der Waals surface area contributed by atoms with E-state index in [0.29, 0.717) is 16.0 Å². The largest absolute Gasteiger partial charge is 0.505 e. The van der Waals surface area contributed by atoms with Crippen LogP contribution in [0.15, 0.2) is 67.0 Å². The molecule has 5 rings (SSSR count). The maximum absolute atomic E-state index is 13.0. The number of aromatic nitrogens is 3. The van der Waals surface area contributed by atoms with Gasteiger partial charge in [0.1, 0.15) is 6.33 Å². The Morgan fingerprint density at radius 2 is 1.91 bits per heavy atom. The maximum atomic E-state index is 13.0. The standard InChI is InChI=1S/C25H21Cl2N5O2S/c1-31(22-12-19(22)15-9-20(26)23(33)21(27)10-15)17-6-2-4-14(8-17)24(34)29-16-5-3-7-18(11-16)32-13-28-30-25(32)35/h2-11,13,19,22,33H,12H2,1H3,(H,29,34)(H,30,35). The average molecular weight is 526 g/mol. The molecule has 3 aromatic carbocycles. The maximum Gasteiger partial charge on any atom is 0.255 e. The van der Waals surface area contributed by atoms with E-state index in [0.717, 1.165) is 23.4 Å². The number of hydrogen-bond acceptors (Lipinski definition) is 5. The van der Waals surface area contributed by atoms with Crippen molar-refractivity contribution in [3.63, 3.8) is 0 Å². The minimum atomic E-state index is -0.211. The smallest absolute Gasteiger partial charge is 0.255 e. The molecule has 10 heteroatoms. The quantitative estimate of drug-likeness (QED) is 0.261. The van der Waals surface area contributed by atoms with E-state index >= 15 is 0 Å². The van der Waals surface area contributed by atoms with E-state index < -0.39 is 0 Å². The number of benzene rings is 3. The number of hydrogen-bond donors (Lipinski definition) is 3. The summed E-state index contributed by atoms with van der Waals surface area (Å²) >= 11 is 17.4. The first-order valence-electron chi connectivity index (χ1n) is 10.9. The summed E-state index contributed by atoms with van der Waals surface area (Å²) in [5.74, 6) is -0.0667. The number of anilines is 2. The van der Waals surface area contributed by atoms with Crippen LogP contribution in [-0.4, -0.2) is 38.9 Å². The molecular weight excluding hydrogens is 505 g/mol. The minimum Gasteiger partial charge on any atom is -0.505 e. The molecule has 4 aromatic rings. The summed E-state index contributed by atoms with van der Waals surface area (Å²) in [5, 5.41) is 19.9. The van der Waals surface area contributed by atoms with Gasteiger partial charge in [-0.1, -0.05) is 35.3 Å². The molecule has 1 aliphatic rings. The van der Waals surface area contributed by atoms with Crippen molar-refractivity contribution in [3.8, 4) is 11.4 Å². The SMILES string of the molecule is CN(c1cccc(C(=O)Nc2cccc(-n3cn[nH]c3=S)c2)c1)C1CC1c1cc(Cl)c(O)c(Cl)c1. The predicted octanol–water partition coefficient (Wildman–Crippen LogP) is 6.19. The van der Waals surface area contributed by atoms with E-state index in [1.807, 2.05) is 49.5 Å². The Hall–Kier alpha value is -3.33. The number of nitrogens with one attached hydrogen (secondary N) is 2. The van der Waals surface area contributed by atoms with E-state index in [1.165, 1.54) is 0 Å². The summed E-state index contributed by atoms with van der Waals surface area (Å²) in [6, 6.07) is 18.6. The second kappa shape index (κ2) is 9.37. The Labute approximate surface area is 216 Å². The molecule has 178 valence electrons. The van der Waals surface area contributed by atoms with Crippen LogP contribution < -0.4 is 10.2 Å². The number of phenols is 1. The molecule has 0 aliphatic heterocycles. The molecule has 1 aromatic heterocycles. The molecule has 0 saturated heterocycles. The highest BCUT2D eigenvalue weighted by atomic mass is 35.5. The fourth-order valence-corrected chi connectivity index (χ4v) is 4.90. The second-order valence-electron chi connectivity index (χ2n) is 8.44. The molecule has 1 heterocycles. The summed E-state index contributed by atoms with van der Waals surface area (Å²) < 4.78 is 2.20. The number of halogens is 2. The van der Waals surface area contributed by atoms with Gasteiger partial charge in [0, 0.05) is 35.9 Å². The number of rotatable bonds is 6. The van der Waals surface area contributed by atoms with Gasteiger partial charge in [-0.2, -0.15) is 5.10 Å². The number of aromatic hydroxyl groups is 1. The topological polar surface area (TPSA) is 86.2 Å². The Balaban J connectivity index is 1.30. The zero-order chi connectivity index (χ0) is 24.7. The van der Waals surface area contributed by atoms with E-state index in [1.54, 1.807) is 29.1 Å². The number of amides is 1. The summed E-state index contributed by atoms with van der Waals surface area (Å²) in [5.41, 5.74) is 3.91. The molecule has 1 fully saturated rings. The van der Waals surface area contributed by atoms with Gasteiger partial charge in [-0.15, -0.1) is 0 Å². The van der Waals surface area contributed by atoms with E-state index in [9.17, 15) is 9.90 Å². The summed E-state index contributed by atoms with van der Waals surface area (Å²) in [4.78, 5) is 15.2. The van der Waals surface area contributed by atoms with Gasteiger partial charge in [0.25, 0.3) is 5.91 Å². The molecule has 1 saturated carbocycles. The molecule has 35 heavy (non-hydrogen) atoms. The van der Waals surface area contributed by atoms with Crippen LogP contribution in [0.1, 0.15) is 28.3 Å². The van der Waals surface area contributed by atoms with E-state index in [2.05, 4.69) is 20.4 Å². The number of H-pyrrole nitrogens is 1. The van der Waals surface area contributed by atoms with Crippen LogP contribution >= 0.6 is 35.4 Å². The first-order chi connectivity index (χ1) is 16.8. The molecule has 7 nitrogen and oxygen atoms in total. The highest BCUT2D eigenvalue weighted by molar-refractivity contribution is 7.71. The monoisotopic (exact) mass is 525 g/mol. The van der Waals surface area contributed by atoms with Crippen molar-refractivity contribution < 1.29 is 9.90 Å². The van der Waals surface area contributed by atoms with Gasteiger partial charge < -0.3 is 15.3 Å². The van der Waals surface area contributed by atoms with Crippen molar-refractivity contribution in [2.75, 3.05) is 17.3 Å². The van der Waals surface area contributed by atoms with Gasteiger partial charge in [-0.05, 0) is 72.7 Å². The highest BCUT2D eigenvalue weighted by Crippen LogP contribution is 2.48. The average Bonchev–Trinajstić information content (AvgIpc) is 3.54. The van der Waals surface area contributed by atoms with Crippen molar-refractivity contribution in [1.82, 2.24) is 14.8 Å². The Bertz CT molecular complexity index is 1460. The summed E-state index contributed by atoms with van der Waals surface area (Å²) in [6.45, 7) is 0. The third-order valence-corrected chi connectivity index (χ3v) is 7.04. The fourth-order valence-electron chi connectivity index (χ4n) is 4.19. The van der Waals surface area contributed by atoms with Crippen LogP contribution in [0.25, 0.3) is 5.69 Å². The van der Waals surface area contributed by atoms with Crippen LogP contribution in [0, 0.1) is 4.77 Å². The second-order valence-corrected chi connectivity index (χ2v) is 9.64. The van der Waals surface area contributed by atoms with E-state index in [4.69, 9.17) is 35.4 Å². The lowest BCUT2D eigenvalue weighted by Crippen LogP contribution is -2.22. The fraction of sp³-hybridized carbons (Fsp3) is 0.160. The molecule has 1 aliphatic carbocycles. The van der Waals surface area contributed by atoms with Crippen LogP contribution in [0.2, 0.25) is 10.0 Å². The first kappa shape index (κ1) is 23.4. The molecule has 2 unspecified atom stereocenters. The number of likely N-dealkylation sites (N-methyl/N-ethyl adjacent to an activating group) is 1. The number of carbonyl (C=O) groups is 1. The van der Waals surface area contributed by atoms with Crippen LogP contribution in [0.5, 0.6) is 5.75 Å². The molecule has 0 spiro atoms. The normalized spacial score (nSPS) is 16.7.